The van der Waals surface area contributed by atoms with Crippen LogP contribution in [0.3, 0.4) is 0 Å². The van der Waals surface area contributed by atoms with Gasteiger partial charge in [0.15, 0.2) is 0 Å². The van der Waals surface area contributed by atoms with Crippen LogP contribution >= 0.6 is 31.5 Å². The Morgan fingerprint density at radius 3 is 0.260 bits per heavy atom. The molecule has 378 valence electrons. The fourth-order valence-electron chi connectivity index (χ4n) is 8.71. The second kappa shape index (κ2) is 31.3. The van der Waals surface area contributed by atoms with Crippen LogP contribution in [0, 0.1) is 0 Å². The van der Waals surface area contributed by atoms with Crippen LogP contribution in [0.25, 0.3) is 0 Å². The molecule has 0 heterocycles. The first-order valence-corrected chi connectivity index (χ1v) is 31.0. The average Bonchev–Trinajstić information content (AvgIpc) is 3.63. The second-order valence-corrected chi connectivity index (χ2v) is 26.2. The molecule has 12 aromatic carbocycles. The fourth-order valence-corrected chi connectivity index (χ4v) is 17.9. The van der Waals surface area contributed by atoms with Gasteiger partial charge in [-0.05, 0) is 146 Å². The second-order valence-electron chi connectivity index (χ2n) is 17.4. The zero-order valence-corrected chi connectivity index (χ0v) is 47.9. The molecule has 0 aliphatic carbocycles. The molecular weight excluding hydrogens is 1100 g/mol. The van der Waals surface area contributed by atoms with Gasteiger partial charge in [0.25, 0.3) is 5.11 Å². The van der Waals surface area contributed by atoms with Gasteiger partial charge in [-0.2, -0.15) is 0 Å². The minimum absolute atomic E-state index is 0. The molecule has 0 saturated heterocycles. The molecule has 0 unspecified atom stereocenters. The van der Waals surface area contributed by atoms with Crippen molar-refractivity contribution >= 4 is 95.1 Å². The fraction of sp³-hybridized carbons (Fsp3) is 0. The minimum atomic E-state index is -2.28. The van der Waals surface area contributed by atoms with E-state index in [1.807, 2.05) is 218 Å². The smallest absolute Gasteiger partial charge is 0.0620 e. The molecule has 0 amide bonds. The molecule has 5 heteroatoms. The number of hydrogen-bond donors (Lipinski definition) is 0. The first kappa shape index (κ1) is 50.8. The van der Waals surface area contributed by atoms with E-state index in [-0.39, 0.29) is 20.4 Å². The molecule has 0 saturated carbocycles. The van der Waals surface area contributed by atoms with E-state index in [0.29, 0.717) is 0 Å². The summed E-state index contributed by atoms with van der Waals surface area (Å²) in [6.07, 6.45) is 0. The Morgan fingerprint density at radius 1 is 0.130 bits per heavy atom. The van der Waals surface area contributed by atoms with Gasteiger partial charge in [0.05, 0.1) is 31.5 Å². The van der Waals surface area contributed by atoms with Crippen LogP contribution in [0.1, 0.15) is 0 Å². The van der Waals surface area contributed by atoms with Crippen LogP contribution in [0.5, 0.6) is 0 Å². The Bertz CT molecular complexity index is 2780. The van der Waals surface area contributed by atoms with E-state index in [9.17, 15) is 5.11 Å². The zero-order chi connectivity index (χ0) is 55.4. The van der Waals surface area contributed by atoms with Gasteiger partial charge in [-0.3, -0.25) is 0 Å². The molecule has 0 nitrogen and oxygen atoms in total. The molecule has 77 heavy (non-hydrogen) atoms. The summed E-state index contributed by atoms with van der Waals surface area (Å²) in [4.78, 5) is 0. The molecule has 0 bridgehead atoms. The van der Waals surface area contributed by atoms with Gasteiger partial charge < -0.3 is 0 Å². The minimum Gasteiger partial charge on any atom is -0.0620 e. The summed E-state index contributed by atoms with van der Waals surface area (Å²) in [5, 5.41) is 13.1. The van der Waals surface area contributed by atoms with Crippen molar-refractivity contribution in [3.8, 4) is 0 Å². The van der Waals surface area contributed by atoms with Crippen LogP contribution < -0.4 is 63.7 Å². The molecular formula is C72H64P4Pd+4. The van der Waals surface area contributed by atoms with E-state index < -0.39 is 31.5 Å². The molecule has 0 radical (unpaired) electrons. The summed E-state index contributed by atoms with van der Waals surface area (Å²) in [6.45, 7) is 0. The summed E-state index contributed by atoms with van der Waals surface area (Å²) >= 11 is 0. The topological polar surface area (TPSA) is 0 Å². The van der Waals surface area contributed by atoms with Gasteiger partial charge in [-0.25, -0.2) is 0 Å². The molecule has 0 aromatic heterocycles. The van der Waals surface area contributed by atoms with E-state index in [0.717, 1.165) is 63.7 Å². The van der Waals surface area contributed by atoms with Crippen molar-refractivity contribution < 1.29 is 20.4 Å². The summed E-state index contributed by atoms with van der Waals surface area (Å²) in [5.74, 6) is 0. The molecule has 12 aromatic rings. The van der Waals surface area contributed by atoms with E-state index in [1.165, 1.54) is 0 Å². The molecule has 0 atom stereocenters. The molecule has 0 aliphatic rings. The van der Waals surface area contributed by atoms with Crippen LogP contribution in [-0.2, 0) is 20.4 Å². The summed E-state index contributed by atoms with van der Waals surface area (Å²) in [5.41, 5.74) is 0. The summed E-state index contributed by atoms with van der Waals surface area (Å²) in [6, 6.07) is 122. The van der Waals surface area contributed by atoms with Crippen molar-refractivity contribution in [2.24, 2.45) is 0 Å². The Morgan fingerprint density at radius 2 is 0.195 bits per heavy atom. The van der Waals surface area contributed by atoms with Gasteiger partial charge in [-0.15, -0.1) is 0 Å². The Kier molecular flexibility index (Phi) is 20.7. The molecule has 0 spiro atoms. The van der Waals surface area contributed by atoms with Crippen molar-refractivity contribution in [1.82, 2.24) is 0 Å². The molecule has 12 rings (SSSR count). The van der Waals surface area contributed by atoms with Crippen LogP contribution in [0.2, 0.25) is 0 Å². The van der Waals surface area contributed by atoms with E-state index >= 15 is 0 Å². The Balaban J connectivity index is 0.000000141. The van der Waals surface area contributed by atoms with E-state index in [4.69, 9.17) is 0 Å². The van der Waals surface area contributed by atoms with Gasteiger partial charge in [-0.1, -0.05) is 218 Å². The number of hydrogen-bond acceptors (Lipinski definition) is 0. The van der Waals surface area contributed by atoms with Gasteiger partial charge in [0.2, 0.25) is 0 Å². The molecule has 0 N–H and O–H groups in total. The van der Waals surface area contributed by atoms with Gasteiger partial charge in [0, 0.05) is 20.4 Å². The zero-order valence-electron chi connectivity index (χ0n) is 46.7. The first-order chi connectivity index (χ1) is 39.3. The monoisotopic (exact) mass is 1160 g/mol. The predicted molar refractivity (Wildman–Crippen MR) is 346 cm³/mol. The van der Waals surface area contributed by atoms with Crippen molar-refractivity contribution in [3.63, 3.8) is 0 Å². The molecule has 0 fully saturated rings. The summed E-state index contributed by atoms with van der Waals surface area (Å²) in [7, 11) is -9.11. The standard InChI is InChI=1S/4C18H15P.Pd/c4*1-4-10-16(11-5-1)19(17-12-6-2-7-13-17)18-14-8-3-9-15-18;/h4*1-15H;/p+4/i/hD4. The Labute approximate surface area is 481 Å². The quantitative estimate of drug-likeness (QED) is 0.0845. The van der Waals surface area contributed by atoms with Crippen molar-refractivity contribution in [2.75, 3.05) is 0 Å². The van der Waals surface area contributed by atoms with E-state index in [2.05, 4.69) is 146 Å². The number of rotatable bonds is 12. The van der Waals surface area contributed by atoms with Crippen LogP contribution in [-0.4, -0.2) is 5.11 Å². The van der Waals surface area contributed by atoms with Crippen molar-refractivity contribution in [1.29, 1.82) is 5.11 Å². The first-order valence-electron chi connectivity index (χ1n) is 27.4. The maximum Gasteiger partial charge on any atom is 0.286 e. The largest absolute Gasteiger partial charge is 0.286 e. The predicted octanol–water partition coefficient (Wildman–Crippen LogP) is 12.7. The summed E-state index contributed by atoms with van der Waals surface area (Å²) < 4.78 is 37.0. The molecule has 0 aliphatic heterocycles. The maximum absolute atomic E-state index is 9.25. The third-order valence-corrected chi connectivity index (χ3v) is 21.9. The third-order valence-electron chi connectivity index (χ3n) is 12.2. The number of benzene rings is 12. The van der Waals surface area contributed by atoms with Gasteiger partial charge in [0.1, 0.15) is 63.7 Å². The van der Waals surface area contributed by atoms with Crippen LogP contribution in [0.15, 0.2) is 364 Å². The van der Waals surface area contributed by atoms with Crippen LogP contribution in [0.4, 0.5) is 0 Å². The average molecular weight is 1160 g/mol. The van der Waals surface area contributed by atoms with Crippen molar-refractivity contribution in [3.05, 3.63) is 364 Å². The van der Waals surface area contributed by atoms with E-state index in [1.54, 1.807) is 0 Å². The van der Waals surface area contributed by atoms with Crippen molar-refractivity contribution in [2.45, 2.75) is 0 Å². The normalized spacial score (nSPS) is 11.7. The third kappa shape index (κ3) is 16.5. The van der Waals surface area contributed by atoms with Gasteiger partial charge >= 0.3 is 0 Å². The maximum atomic E-state index is 9.25. The SMILES string of the molecule is [2H][P+](c1ccccc1)(c1ccccc1)c1ccccc1.[2H][P+](c1ccccc1)(c1ccccc1)c1ccccc1.[2H][P+](c1ccccc1)(c1ccccc1)c1ccccc1.[2H][P+](c1ccccc1)(c1ccccc1)c1ccccc1.[Pd]. The Hall–Kier alpha value is -6.98.